The highest BCUT2D eigenvalue weighted by Crippen LogP contribution is 2.37. The van der Waals surface area contributed by atoms with E-state index in [4.69, 9.17) is 5.73 Å². The molecule has 1 aromatic rings. The molecule has 1 atom stereocenters. The van der Waals surface area contributed by atoms with Gasteiger partial charge in [0.15, 0.2) is 0 Å². The lowest BCUT2D eigenvalue weighted by molar-refractivity contribution is -0.121. The fourth-order valence-corrected chi connectivity index (χ4v) is 2.23. The Morgan fingerprint density at radius 1 is 1.33 bits per heavy atom. The van der Waals surface area contributed by atoms with E-state index in [2.05, 4.69) is 15.2 Å². The van der Waals surface area contributed by atoms with Gasteiger partial charge in [-0.2, -0.15) is 0 Å². The Bertz CT molecular complexity index is 493. The highest BCUT2D eigenvalue weighted by Gasteiger charge is 2.33. The zero-order valence-electron chi connectivity index (χ0n) is 9.93. The zero-order chi connectivity index (χ0) is 12.7. The number of carbonyl (C=O) groups is 2. The second-order valence-electron chi connectivity index (χ2n) is 4.96. The molecule has 1 saturated heterocycles. The van der Waals surface area contributed by atoms with Crippen LogP contribution in [0.4, 0.5) is 0 Å². The molecule has 2 aliphatic rings. The number of aromatic nitrogens is 3. The maximum absolute atomic E-state index is 12.1. The molecule has 0 radical (unpaired) electrons. The SMILES string of the molecule is NC(=O)C1CCN(C(=O)c2n[nH]c(C3CC3)n2)C1. The summed E-state index contributed by atoms with van der Waals surface area (Å²) in [5.74, 6) is 0.624. The number of H-pyrrole nitrogens is 1. The fraction of sp³-hybridized carbons (Fsp3) is 0.636. The molecule has 2 amide bonds. The van der Waals surface area contributed by atoms with Crippen LogP contribution in [-0.2, 0) is 4.79 Å². The first kappa shape index (κ1) is 11.2. The van der Waals surface area contributed by atoms with Crippen molar-refractivity contribution in [2.45, 2.75) is 25.2 Å². The van der Waals surface area contributed by atoms with Crippen LogP contribution >= 0.6 is 0 Å². The number of likely N-dealkylation sites (tertiary alicyclic amines) is 1. The van der Waals surface area contributed by atoms with Crippen molar-refractivity contribution >= 4 is 11.8 Å². The Labute approximate surface area is 104 Å². The Morgan fingerprint density at radius 2 is 2.11 bits per heavy atom. The number of nitrogens with zero attached hydrogens (tertiary/aromatic N) is 3. The van der Waals surface area contributed by atoms with Gasteiger partial charge in [0.1, 0.15) is 5.82 Å². The van der Waals surface area contributed by atoms with Crippen LogP contribution in [-0.4, -0.2) is 45.0 Å². The number of amides is 2. The van der Waals surface area contributed by atoms with E-state index in [1.165, 1.54) is 0 Å². The predicted octanol–water partition coefficient (Wildman–Crippen LogP) is -0.371. The molecule has 7 nitrogen and oxygen atoms in total. The van der Waals surface area contributed by atoms with Crippen LogP contribution in [0.5, 0.6) is 0 Å². The molecule has 1 aromatic heterocycles. The van der Waals surface area contributed by atoms with Gasteiger partial charge in [-0.25, -0.2) is 4.98 Å². The smallest absolute Gasteiger partial charge is 0.293 e. The molecular formula is C11H15N5O2. The van der Waals surface area contributed by atoms with E-state index in [1.54, 1.807) is 4.90 Å². The van der Waals surface area contributed by atoms with Crippen LogP contribution in [0.25, 0.3) is 0 Å². The first-order chi connectivity index (χ1) is 8.65. The van der Waals surface area contributed by atoms with Gasteiger partial charge in [0, 0.05) is 19.0 Å². The van der Waals surface area contributed by atoms with Crippen molar-refractivity contribution < 1.29 is 9.59 Å². The summed E-state index contributed by atoms with van der Waals surface area (Å²) in [6.07, 6.45) is 2.84. The summed E-state index contributed by atoms with van der Waals surface area (Å²) in [4.78, 5) is 29.0. The predicted molar refractivity (Wildman–Crippen MR) is 61.6 cm³/mol. The molecule has 0 spiro atoms. The third-order valence-corrected chi connectivity index (χ3v) is 3.54. The van der Waals surface area contributed by atoms with Gasteiger partial charge in [-0.15, -0.1) is 5.10 Å². The summed E-state index contributed by atoms with van der Waals surface area (Å²) in [7, 11) is 0. The second-order valence-corrected chi connectivity index (χ2v) is 4.96. The molecule has 0 bridgehead atoms. The molecule has 18 heavy (non-hydrogen) atoms. The van der Waals surface area contributed by atoms with Gasteiger partial charge in [-0.1, -0.05) is 0 Å². The molecule has 1 saturated carbocycles. The summed E-state index contributed by atoms with van der Waals surface area (Å²) in [6, 6.07) is 0. The molecule has 3 rings (SSSR count). The van der Waals surface area contributed by atoms with Crippen LogP contribution in [0.1, 0.15) is 41.6 Å². The third kappa shape index (κ3) is 1.96. The van der Waals surface area contributed by atoms with Gasteiger partial charge < -0.3 is 10.6 Å². The van der Waals surface area contributed by atoms with Crippen LogP contribution < -0.4 is 5.73 Å². The summed E-state index contributed by atoms with van der Waals surface area (Å²) < 4.78 is 0. The third-order valence-electron chi connectivity index (χ3n) is 3.54. The lowest BCUT2D eigenvalue weighted by Crippen LogP contribution is -2.32. The maximum atomic E-state index is 12.1. The fourth-order valence-electron chi connectivity index (χ4n) is 2.23. The summed E-state index contributed by atoms with van der Waals surface area (Å²) >= 11 is 0. The van der Waals surface area contributed by atoms with E-state index in [0.29, 0.717) is 25.4 Å². The van der Waals surface area contributed by atoms with E-state index in [9.17, 15) is 9.59 Å². The summed E-state index contributed by atoms with van der Waals surface area (Å²) in [5, 5.41) is 6.75. The lowest BCUT2D eigenvalue weighted by atomic mass is 10.1. The summed E-state index contributed by atoms with van der Waals surface area (Å²) in [5.41, 5.74) is 5.24. The largest absolute Gasteiger partial charge is 0.369 e. The van der Waals surface area contributed by atoms with Crippen molar-refractivity contribution in [1.29, 1.82) is 0 Å². The minimum atomic E-state index is -0.348. The number of aromatic amines is 1. The average molecular weight is 249 g/mol. The van der Waals surface area contributed by atoms with Crippen LogP contribution in [0.3, 0.4) is 0 Å². The van der Waals surface area contributed by atoms with Gasteiger partial charge in [0.2, 0.25) is 11.7 Å². The molecule has 96 valence electrons. The van der Waals surface area contributed by atoms with Gasteiger partial charge in [0.05, 0.1) is 5.92 Å². The number of rotatable bonds is 3. The Hall–Kier alpha value is -1.92. The van der Waals surface area contributed by atoms with Gasteiger partial charge >= 0.3 is 0 Å². The quantitative estimate of drug-likeness (QED) is 0.762. The molecule has 1 aliphatic heterocycles. The molecule has 7 heteroatoms. The highest BCUT2D eigenvalue weighted by atomic mass is 16.2. The van der Waals surface area contributed by atoms with Crippen LogP contribution in [0.2, 0.25) is 0 Å². The number of nitrogens with one attached hydrogen (secondary N) is 1. The molecule has 1 unspecified atom stereocenters. The summed E-state index contributed by atoms with van der Waals surface area (Å²) in [6.45, 7) is 0.918. The van der Waals surface area contributed by atoms with Crippen molar-refractivity contribution in [2.24, 2.45) is 11.7 Å². The molecule has 2 heterocycles. The van der Waals surface area contributed by atoms with E-state index in [0.717, 1.165) is 18.7 Å². The normalized spacial score (nSPS) is 23.3. The van der Waals surface area contributed by atoms with Gasteiger partial charge in [-0.05, 0) is 19.3 Å². The number of hydrogen-bond donors (Lipinski definition) is 2. The topological polar surface area (TPSA) is 105 Å². The Balaban J connectivity index is 1.68. The van der Waals surface area contributed by atoms with Crippen molar-refractivity contribution in [1.82, 2.24) is 20.1 Å². The van der Waals surface area contributed by atoms with Crippen LogP contribution in [0.15, 0.2) is 0 Å². The van der Waals surface area contributed by atoms with Crippen molar-refractivity contribution in [3.05, 3.63) is 11.6 Å². The minimum absolute atomic E-state index is 0.196. The first-order valence-electron chi connectivity index (χ1n) is 6.16. The molecule has 3 N–H and O–H groups in total. The molecular weight excluding hydrogens is 234 g/mol. The van der Waals surface area contributed by atoms with Crippen molar-refractivity contribution in [2.75, 3.05) is 13.1 Å². The van der Waals surface area contributed by atoms with Gasteiger partial charge in [-0.3, -0.25) is 14.7 Å². The van der Waals surface area contributed by atoms with E-state index in [1.807, 2.05) is 0 Å². The van der Waals surface area contributed by atoms with E-state index >= 15 is 0 Å². The number of nitrogens with two attached hydrogens (primary N) is 1. The maximum Gasteiger partial charge on any atom is 0.293 e. The van der Waals surface area contributed by atoms with Gasteiger partial charge in [0.25, 0.3) is 5.91 Å². The van der Waals surface area contributed by atoms with Crippen molar-refractivity contribution in [3.63, 3.8) is 0 Å². The van der Waals surface area contributed by atoms with E-state index in [-0.39, 0.29) is 23.6 Å². The Morgan fingerprint density at radius 3 is 2.72 bits per heavy atom. The standard InChI is InChI=1S/C11H15N5O2/c12-8(17)7-3-4-16(5-7)11(18)10-13-9(14-15-10)6-1-2-6/h6-7H,1-5H2,(H2,12,17)(H,13,14,15). The second kappa shape index (κ2) is 4.08. The minimum Gasteiger partial charge on any atom is -0.369 e. The molecule has 2 fully saturated rings. The van der Waals surface area contributed by atoms with E-state index < -0.39 is 0 Å². The first-order valence-corrected chi connectivity index (χ1v) is 6.16. The highest BCUT2D eigenvalue weighted by molar-refractivity contribution is 5.91. The van der Waals surface area contributed by atoms with Crippen molar-refractivity contribution in [3.8, 4) is 0 Å². The Kier molecular flexibility index (Phi) is 2.53. The molecule has 0 aromatic carbocycles. The zero-order valence-corrected chi connectivity index (χ0v) is 9.93. The number of primary amides is 1. The lowest BCUT2D eigenvalue weighted by Gasteiger charge is -2.13. The average Bonchev–Trinajstić information content (AvgIpc) is 2.92. The molecule has 1 aliphatic carbocycles. The van der Waals surface area contributed by atoms with Crippen LogP contribution in [0, 0.1) is 5.92 Å². The number of carbonyl (C=O) groups excluding carboxylic acids is 2. The monoisotopic (exact) mass is 249 g/mol. The number of hydrogen-bond acceptors (Lipinski definition) is 4.